The SMILES string of the molecule is Oc1c(-c2ccccc2)cccc1-c1cccc(P(c2cc(F)cc(F)c2)c2cc(F)cc(F)c2)c1. The van der Waals surface area contributed by atoms with Gasteiger partial charge in [0, 0.05) is 23.3 Å². The second kappa shape index (κ2) is 9.96. The molecular weight excluding hydrogens is 483 g/mol. The molecule has 0 radical (unpaired) electrons. The zero-order valence-electron chi connectivity index (χ0n) is 18.8. The van der Waals surface area contributed by atoms with E-state index in [2.05, 4.69) is 0 Å². The van der Waals surface area contributed by atoms with Crippen LogP contribution in [-0.4, -0.2) is 5.11 Å². The molecule has 0 aliphatic carbocycles. The molecule has 0 aliphatic rings. The number of hydrogen-bond acceptors (Lipinski definition) is 1. The Morgan fingerprint density at radius 1 is 0.444 bits per heavy atom. The van der Waals surface area contributed by atoms with Crippen LogP contribution in [0.2, 0.25) is 0 Å². The second-order valence-corrected chi connectivity index (χ2v) is 10.4. The fourth-order valence-electron chi connectivity index (χ4n) is 4.22. The van der Waals surface area contributed by atoms with E-state index in [-0.39, 0.29) is 16.4 Å². The monoisotopic (exact) mass is 502 g/mol. The van der Waals surface area contributed by atoms with E-state index in [0.29, 0.717) is 22.0 Å². The van der Waals surface area contributed by atoms with Gasteiger partial charge in [0.15, 0.2) is 0 Å². The van der Waals surface area contributed by atoms with Crippen LogP contribution in [0.4, 0.5) is 17.6 Å². The van der Waals surface area contributed by atoms with Crippen LogP contribution in [0, 0.1) is 23.3 Å². The van der Waals surface area contributed by atoms with E-state index in [1.807, 2.05) is 42.5 Å². The van der Waals surface area contributed by atoms with E-state index < -0.39 is 31.2 Å². The molecule has 178 valence electrons. The van der Waals surface area contributed by atoms with Crippen molar-refractivity contribution in [2.45, 2.75) is 0 Å². The van der Waals surface area contributed by atoms with E-state index in [9.17, 15) is 22.7 Å². The maximum atomic E-state index is 14.2. The van der Waals surface area contributed by atoms with Crippen LogP contribution in [0.25, 0.3) is 22.3 Å². The number of hydrogen-bond donors (Lipinski definition) is 1. The van der Waals surface area contributed by atoms with Crippen molar-refractivity contribution in [2.75, 3.05) is 0 Å². The molecule has 0 fully saturated rings. The minimum absolute atomic E-state index is 0.0822. The normalized spacial score (nSPS) is 11.1. The lowest BCUT2D eigenvalue weighted by atomic mass is 9.97. The van der Waals surface area contributed by atoms with Crippen molar-refractivity contribution >= 4 is 23.8 Å². The minimum atomic E-state index is -1.72. The Hall–Kier alpha value is -3.95. The fraction of sp³-hybridized carbons (Fsp3) is 0. The molecule has 5 aromatic carbocycles. The lowest BCUT2D eigenvalue weighted by Crippen LogP contribution is -2.22. The Kier molecular flexibility index (Phi) is 6.58. The molecule has 1 N–H and O–H groups in total. The van der Waals surface area contributed by atoms with Gasteiger partial charge in [0.25, 0.3) is 0 Å². The van der Waals surface area contributed by atoms with Crippen LogP contribution in [0.3, 0.4) is 0 Å². The van der Waals surface area contributed by atoms with Gasteiger partial charge in [0.05, 0.1) is 0 Å². The first kappa shape index (κ1) is 23.8. The van der Waals surface area contributed by atoms with Gasteiger partial charge in [0.1, 0.15) is 29.0 Å². The average molecular weight is 502 g/mol. The van der Waals surface area contributed by atoms with Crippen molar-refractivity contribution in [2.24, 2.45) is 0 Å². The molecule has 0 bridgehead atoms. The van der Waals surface area contributed by atoms with Gasteiger partial charge in [-0.05, 0) is 65.3 Å². The van der Waals surface area contributed by atoms with E-state index in [0.717, 1.165) is 17.7 Å². The highest BCUT2D eigenvalue weighted by molar-refractivity contribution is 7.79. The molecule has 0 amide bonds. The largest absolute Gasteiger partial charge is 0.507 e. The smallest absolute Gasteiger partial charge is 0.131 e. The maximum absolute atomic E-state index is 14.2. The molecule has 1 nitrogen and oxygen atoms in total. The summed E-state index contributed by atoms with van der Waals surface area (Å²) in [5.74, 6) is -3.03. The third-order valence-electron chi connectivity index (χ3n) is 5.75. The molecule has 5 aromatic rings. The summed E-state index contributed by atoms with van der Waals surface area (Å²) in [5, 5.41) is 12.3. The van der Waals surface area contributed by atoms with Crippen LogP contribution in [0.5, 0.6) is 5.75 Å². The highest BCUT2D eigenvalue weighted by atomic mass is 31.1. The molecular formula is C30H19F4OP. The van der Waals surface area contributed by atoms with Crippen molar-refractivity contribution in [3.05, 3.63) is 132 Å². The highest BCUT2D eigenvalue weighted by Crippen LogP contribution is 2.40. The Balaban J connectivity index is 1.67. The maximum Gasteiger partial charge on any atom is 0.131 e. The number of rotatable bonds is 5. The molecule has 0 heterocycles. The van der Waals surface area contributed by atoms with Crippen LogP contribution >= 0.6 is 7.92 Å². The lowest BCUT2D eigenvalue weighted by molar-refractivity contribution is 0.479. The third kappa shape index (κ3) is 4.89. The minimum Gasteiger partial charge on any atom is -0.507 e. The van der Waals surface area contributed by atoms with Crippen LogP contribution in [0.15, 0.2) is 109 Å². The Labute approximate surface area is 207 Å². The van der Waals surface area contributed by atoms with Crippen molar-refractivity contribution in [3.63, 3.8) is 0 Å². The summed E-state index contributed by atoms with van der Waals surface area (Å²) in [6, 6.07) is 28.2. The first-order valence-corrected chi connectivity index (χ1v) is 12.4. The van der Waals surface area contributed by atoms with E-state index in [1.165, 1.54) is 24.3 Å². The zero-order valence-corrected chi connectivity index (χ0v) is 19.7. The fourth-order valence-corrected chi connectivity index (χ4v) is 6.63. The van der Waals surface area contributed by atoms with Crippen molar-refractivity contribution in [1.29, 1.82) is 0 Å². The molecule has 0 spiro atoms. The summed E-state index contributed by atoms with van der Waals surface area (Å²) in [4.78, 5) is 0. The van der Waals surface area contributed by atoms with Gasteiger partial charge in [-0.25, -0.2) is 17.6 Å². The first-order chi connectivity index (χ1) is 17.4. The number of para-hydroxylation sites is 1. The lowest BCUT2D eigenvalue weighted by Gasteiger charge is -2.21. The molecule has 5 rings (SSSR count). The van der Waals surface area contributed by atoms with Crippen molar-refractivity contribution in [3.8, 4) is 28.0 Å². The number of halogens is 4. The number of phenolic OH excluding ortho intramolecular Hbond substituents is 1. The van der Waals surface area contributed by atoms with Gasteiger partial charge in [-0.2, -0.15) is 0 Å². The first-order valence-electron chi connectivity index (χ1n) is 11.1. The van der Waals surface area contributed by atoms with Gasteiger partial charge in [-0.1, -0.05) is 66.7 Å². The summed E-state index contributed by atoms with van der Waals surface area (Å²) in [6.07, 6.45) is 0. The van der Waals surface area contributed by atoms with Gasteiger partial charge in [-0.15, -0.1) is 0 Å². The molecule has 6 heteroatoms. The highest BCUT2D eigenvalue weighted by Gasteiger charge is 2.21. The van der Waals surface area contributed by atoms with Gasteiger partial charge in [0.2, 0.25) is 0 Å². The quantitative estimate of drug-likeness (QED) is 0.202. The molecule has 0 saturated carbocycles. The molecule has 0 aliphatic heterocycles. The topological polar surface area (TPSA) is 20.2 Å². The van der Waals surface area contributed by atoms with Gasteiger partial charge >= 0.3 is 0 Å². The Bertz CT molecular complexity index is 1460. The van der Waals surface area contributed by atoms with Gasteiger partial charge < -0.3 is 5.11 Å². The summed E-state index contributed by atoms with van der Waals surface area (Å²) in [5.41, 5.74) is 2.72. The zero-order chi connectivity index (χ0) is 25.2. The van der Waals surface area contributed by atoms with Crippen molar-refractivity contribution < 1.29 is 22.7 Å². The summed E-state index contributed by atoms with van der Waals surface area (Å²) < 4.78 is 56.7. The van der Waals surface area contributed by atoms with Crippen LogP contribution in [-0.2, 0) is 0 Å². The molecule has 0 aromatic heterocycles. The number of phenols is 1. The van der Waals surface area contributed by atoms with E-state index >= 15 is 0 Å². The predicted octanol–water partition coefficient (Wildman–Crippen LogP) is 7.04. The average Bonchev–Trinajstić information content (AvgIpc) is 2.84. The van der Waals surface area contributed by atoms with E-state index in [1.54, 1.807) is 30.3 Å². The summed E-state index contributed by atoms with van der Waals surface area (Å²) >= 11 is 0. The summed E-state index contributed by atoms with van der Waals surface area (Å²) in [7, 11) is -1.72. The molecule has 0 unspecified atom stereocenters. The van der Waals surface area contributed by atoms with Crippen LogP contribution in [0.1, 0.15) is 0 Å². The second-order valence-electron chi connectivity index (χ2n) is 8.21. The Morgan fingerprint density at radius 2 is 0.917 bits per heavy atom. The van der Waals surface area contributed by atoms with Crippen LogP contribution < -0.4 is 15.9 Å². The third-order valence-corrected chi connectivity index (χ3v) is 8.09. The van der Waals surface area contributed by atoms with Gasteiger partial charge in [-0.3, -0.25) is 0 Å². The van der Waals surface area contributed by atoms with E-state index in [4.69, 9.17) is 0 Å². The van der Waals surface area contributed by atoms with Crippen molar-refractivity contribution in [1.82, 2.24) is 0 Å². The molecule has 0 atom stereocenters. The molecule has 36 heavy (non-hydrogen) atoms. The predicted molar refractivity (Wildman–Crippen MR) is 138 cm³/mol. The number of aromatic hydroxyl groups is 1. The Morgan fingerprint density at radius 3 is 1.47 bits per heavy atom. The standard InChI is InChI=1S/C30H19F4OP/c31-21-13-22(32)16-26(15-21)36(27-17-23(33)14-24(34)18-27)25-9-4-8-20(12-25)29-11-5-10-28(30(29)35)19-6-2-1-3-7-19/h1-18,35H. The molecule has 0 saturated heterocycles. The number of benzene rings is 5. The summed E-state index contributed by atoms with van der Waals surface area (Å²) in [6.45, 7) is 0.